The van der Waals surface area contributed by atoms with Crippen molar-refractivity contribution in [2.24, 2.45) is 4.99 Å². The number of aliphatic imine (C=N–C) groups is 1. The Hall–Kier alpha value is -2.69. The van der Waals surface area contributed by atoms with Crippen LogP contribution in [0.25, 0.3) is 0 Å². The van der Waals surface area contributed by atoms with E-state index < -0.39 is 4.92 Å². The largest absolute Gasteiger partial charge is 0.324 e. The number of nitrogens with zero attached hydrogens (tertiary/aromatic N) is 4. The molecule has 0 fully saturated rings. The molecular formula is C14H8ClN5O3S2. The van der Waals surface area contributed by atoms with Crippen LogP contribution >= 0.6 is 34.3 Å². The molecule has 0 saturated heterocycles. The van der Waals surface area contributed by atoms with Gasteiger partial charge in [-0.25, -0.2) is 4.99 Å². The van der Waals surface area contributed by atoms with E-state index in [4.69, 9.17) is 11.6 Å². The van der Waals surface area contributed by atoms with Gasteiger partial charge in [-0.2, -0.15) is 0 Å². The number of hydrogen-bond acceptors (Lipinski definition) is 8. The Labute approximate surface area is 154 Å². The number of hydrogen-bond donors (Lipinski definition) is 1. The summed E-state index contributed by atoms with van der Waals surface area (Å²) in [5.74, 6) is -0.336. The lowest BCUT2D eigenvalue weighted by Gasteiger charge is -2.00. The van der Waals surface area contributed by atoms with Crippen LogP contribution in [0.5, 0.6) is 0 Å². The summed E-state index contributed by atoms with van der Waals surface area (Å²) in [5.41, 5.74) is 0.440. The third-order valence-corrected chi connectivity index (χ3v) is 4.81. The summed E-state index contributed by atoms with van der Waals surface area (Å²) in [6.45, 7) is 0. The Morgan fingerprint density at radius 3 is 2.64 bits per heavy atom. The van der Waals surface area contributed by atoms with Crippen LogP contribution in [0.2, 0.25) is 5.02 Å². The molecule has 3 rings (SSSR count). The van der Waals surface area contributed by atoms with Crippen LogP contribution in [0, 0.1) is 10.1 Å². The molecule has 0 spiro atoms. The van der Waals surface area contributed by atoms with Crippen molar-refractivity contribution in [2.75, 3.05) is 5.32 Å². The average Bonchev–Trinajstić information content (AvgIpc) is 3.22. The van der Waals surface area contributed by atoms with Crippen LogP contribution in [0.15, 0.2) is 41.4 Å². The molecule has 2 aromatic heterocycles. The van der Waals surface area contributed by atoms with E-state index in [9.17, 15) is 14.9 Å². The Morgan fingerprint density at radius 1 is 1.20 bits per heavy atom. The van der Waals surface area contributed by atoms with Crippen molar-refractivity contribution >= 4 is 61.7 Å². The van der Waals surface area contributed by atoms with Gasteiger partial charge in [0.05, 0.1) is 9.80 Å². The first-order chi connectivity index (χ1) is 12.0. The highest BCUT2D eigenvalue weighted by molar-refractivity contribution is 7.19. The fourth-order valence-electron chi connectivity index (χ4n) is 1.72. The van der Waals surface area contributed by atoms with E-state index in [-0.39, 0.29) is 10.9 Å². The lowest BCUT2D eigenvalue weighted by atomic mass is 10.2. The molecule has 126 valence electrons. The molecular weight excluding hydrogens is 386 g/mol. The van der Waals surface area contributed by atoms with Crippen LogP contribution < -0.4 is 5.32 Å². The number of rotatable bonds is 5. The van der Waals surface area contributed by atoms with Crippen molar-refractivity contribution in [2.45, 2.75) is 0 Å². The predicted octanol–water partition coefficient (Wildman–Crippen LogP) is 4.16. The maximum absolute atomic E-state index is 12.1. The molecule has 0 unspecified atom stereocenters. The molecule has 2 heterocycles. The van der Waals surface area contributed by atoms with Crippen molar-refractivity contribution in [3.63, 3.8) is 0 Å². The fraction of sp³-hybridized carbons (Fsp3) is 0. The number of thiophene rings is 1. The predicted molar refractivity (Wildman–Crippen MR) is 97.5 cm³/mol. The van der Waals surface area contributed by atoms with Gasteiger partial charge in [0.15, 0.2) is 0 Å². The minimum absolute atomic E-state index is 0.0367. The van der Waals surface area contributed by atoms with Gasteiger partial charge >= 0.3 is 5.00 Å². The van der Waals surface area contributed by atoms with E-state index in [1.807, 2.05) is 0 Å². The summed E-state index contributed by atoms with van der Waals surface area (Å²) < 4.78 is 0. The molecule has 3 aromatic rings. The molecule has 8 nitrogen and oxygen atoms in total. The highest BCUT2D eigenvalue weighted by Gasteiger charge is 2.11. The van der Waals surface area contributed by atoms with E-state index in [2.05, 4.69) is 20.5 Å². The van der Waals surface area contributed by atoms with Crippen LogP contribution in [-0.4, -0.2) is 27.2 Å². The minimum atomic E-state index is -0.461. The normalized spacial score (nSPS) is 10.9. The molecule has 0 atom stereocenters. The number of benzene rings is 1. The molecule has 0 radical (unpaired) electrons. The first-order valence-corrected chi connectivity index (χ1v) is 8.71. The zero-order valence-electron chi connectivity index (χ0n) is 12.2. The number of halogens is 1. The smallest absolute Gasteiger partial charge is 0.296 e. The van der Waals surface area contributed by atoms with E-state index in [1.165, 1.54) is 12.3 Å². The Kier molecular flexibility index (Phi) is 5.12. The monoisotopic (exact) mass is 393 g/mol. The molecule has 0 aliphatic carbocycles. The fourth-order valence-corrected chi connectivity index (χ4v) is 3.12. The van der Waals surface area contributed by atoms with Crippen LogP contribution in [0.1, 0.15) is 15.2 Å². The van der Waals surface area contributed by atoms with Gasteiger partial charge in [-0.3, -0.25) is 20.2 Å². The van der Waals surface area contributed by atoms with Crippen molar-refractivity contribution in [3.8, 4) is 0 Å². The van der Waals surface area contributed by atoms with Gasteiger partial charge in [-0.15, -0.1) is 10.2 Å². The summed E-state index contributed by atoms with van der Waals surface area (Å²) in [6, 6.07) is 9.43. The van der Waals surface area contributed by atoms with Gasteiger partial charge in [0, 0.05) is 22.9 Å². The summed E-state index contributed by atoms with van der Waals surface area (Å²) in [6.07, 6.45) is 1.46. The number of carbonyl (C=O) groups excluding carboxylic acids is 1. The maximum atomic E-state index is 12.1. The lowest BCUT2D eigenvalue weighted by molar-refractivity contribution is -0.380. The number of nitrogens with one attached hydrogen (secondary N) is 1. The first-order valence-electron chi connectivity index (χ1n) is 6.70. The second-order valence-corrected chi connectivity index (χ2v) is 7.03. The number of nitro groups is 1. The molecule has 1 N–H and O–H groups in total. The lowest BCUT2D eigenvalue weighted by Crippen LogP contribution is -2.11. The van der Waals surface area contributed by atoms with Gasteiger partial charge in [0.2, 0.25) is 10.3 Å². The molecule has 0 bridgehead atoms. The third kappa shape index (κ3) is 4.44. The Morgan fingerprint density at radius 2 is 1.96 bits per heavy atom. The molecule has 1 amide bonds. The molecule has 11 heteroatoms. The topological polar surface area (TPSA) is 110 Å². The average molecular weight is 394 g/mol. The summed E-state index contributed by atoms with van der Waals surface area (Å²) in [5, 5.41) is 22.1. The van der Waals surface area contributed by atoms with E-state index >= 15 is 0 Å². The zero-order chi connectivity index (χ0) is 17.8. The van der Waals surface area contributed by atoms with Crippen molar-refractivity contribution in [1.29, 1.82) is 0 Å². The molecule has 25 heavy (non-hydrogen) atoms. The number of amides is 1. The van der Waals surface area contributed by atoms with Crippen molar-refractivity contribution in [3.05, 3.63) is 62.0 Å². The highest BCUT2D eigenvalue weighted by Crippen LogP contribution is 2.26. The maximum Gasteiger partial charge on any atom is 0.324 e. The SMILES string of the molecule is O=C(Nc1nnc(/N=C/c2ccc([N+](=O)[O-])s2)s1)c1ccc(Cl)cc1. The number of carbonyl (C=O) groups is 1. The second kappa shape index (κ2) is 7.47. The van der Waals surface area contributed by atoms with Crippen LogP contribution in [0.3, 0.4) is 0 Å². The van der Waals surface area contributed by atoms with Gasteiger partial charge in [-0.1, -0.05) is 34.3 Å². The minimum Gasteiger partial charge on any atom is -0.296 e. The van der Waals surface area contributed by atoms with Gasteiger partial charge in [-0.05, 0) is 30.3 Å². The number of anilines is 1. The van der Waals surface area contributed by atoms with Gasteiger partial charge in [0.1, 0.15) is 0 Å². The zero-order valence-corrected chi connectivity index (χ0v) is 14.6. The Balaban J connectivity index is 1.65. The number of aromatic nitrogens is 2. The second-order valence-electron chi connectivity index (χ2n) is 4.54. The van der Waals surface area contributed by atoms with Crippen LogP contribution in [0.4, 0.5) is 15.3 Å². The van der Waals surface area contributed by atoms with Gasteiger partial charge in [0.25, 0.3) is 5.91 Å². The first kappa shape index (κ1) is 17.1. The van der Waals surface area contributed by atoms with E-state index in [0.717, 1.165) is 22.7 Å². The summed E-state index contributed by atoms with van der Waals surface area (Å²) >= 11 is 7.87. The van der Waals surface area contributed by atoms with Gasteiger partial charge < -0.3 is 0 Å². The third-order valence-electron chi connectivity index (χ3n) is 2.84. The quantitative estimate of drug-likeness (QED) is 0.397. The highest BCUT2D eigenvalue weighted by atomic mass is 35.5. The summed E-state index contributed by atoms with van der Waals surface area (Å²) in [7, 11) is 0. The Bertz CT molecular complexity index is 952. The van der Waals surface area contributed by atoms with Crippen molar-refractivity contribution < 1.29 is 9.72 Å². The molecule has 0 aliphatic heterocycles. The molecule has 0 saturated carbocycles. The standard InChI is InChI=1S/C14H8ClN5O3S2/c15-9-3-1-8(2-4-9)12(21)17-14-19-18-13(25-14)16-7-10-5-6-11(24-10)20(22)23/h1-7H,(H,17,19,21)/b16-7+. The molecule has 0 aliphatic rings. The van der Waals surface area contributed by atoms with Crippen molar-refractivity contribution in [1.82, 2.24) is 10.2 Å². The van der Waals surface area contributed by atoms with E-state index in [1.54, 1.807) is 30.3 Å². The van der Waals surface area contributed by atoms with E-state index in [0.29, 0.717) is 25.7 Å². The summed E-state index contributed by atoms with van der Waals surface area (Å²) in [4.78, 5) is 27.0. The van der Waals surface area contributed by atoms with Crippen LogP contribution in [-0.2, 0) is 0 Å². The molecule has 1 aromatic carbocycles.